The molecule has 0 saturated heterocycles. The summed E-state index contributed by atoms with van der Waals surface area (Å²) in [5, 5.41) is 0. The van der Waals surface area contributed by atoms with Gasteiger partial charge in [-0.2, -0.15) is 0 Å². The molecule has 2 unspecified atom stereocenters. The lowest BCUT2D eigenvalue weighted by Gasteiger charge is -2.30. The van der Waals surface area contributed by atoms with Crippen LogP contribution < -0.4 is 10.5 Å². The molecular weight excluding hydrogens is 342 g/mol. The van der Waals surface area contributed by atoms with E-state index >= 15 is 0 Å². The van der Waals surface area contributed by atoms with E-state index in [9.17, 15) is 4.79 Å². The number of benzene rings is 2. The van der Waals surface area contributed by atoms with Crippen molar-refractivity contribution in [1.29, 1.82) is 0 Å². The minimum Gasteiger partial charge on any atom is -0.459 e. The molecule has 0 fully saturated rings. The summed E-state index contributed by atoms with van der Waals surface area (Å²) in [6, 6.07) is 15.2. The van der Waals surface area contributed by atoms with Crippen molar-refractivity contribution in [1.82, 2.24) is 0 Å². The normalized spacial score (nSPS) is 18.4. The molecule has 3 nitrogen and oxygen atoms in total. The fourth-order valence-corrected chi connectivity index (χ4v) is 3.14. The second-order valence-corrected chi connectivity index (χ2v) is 6.25. The van der Waals surface area contributed by atoms with E-state index in [0.717, 1.165) is 27.5 Å². The Morgan fingerprint density at radius 1 is 1.23 bits per heavy atom. The largest absolute Gasteiger partial charge is 0.459 e. The summed E-state index contributed by atoms with van der Waals surface area (Å²) >= 11 is 3.46. The van der Waals surface area contributed by atoms with Gasteiger partial charge in [0.2, 0.25) is 0 Å². The third-order valence-electron chi connectivity index (χ3n) is 3.74. The molecule has 1 aliphatic heterocycles. The fraction of sp³-hybridized carbons (Fsp3) is 0.167. The van der Waals surface area contributed by atoms with E-state index < -0.39 is 0 Å². The molecule has 2 aromatic carbocycles. The van der Waals surface area contributed by atoms with Gasteiger partial charge in [-0.1, -0.05) is 46.3 Å². The smallest absolute Gasteiger partial charge is 0.132 e. The van der Waals surface area contributed by atoms with Crippen LogP contribution in [0, 0.1) is 0 Å². The molecule has 22 heavy (non-hydrogen) atoms. The maximum Gasteiger partial charge on any atom is 0.132 e. The van der Waals surface area contributed by atoms with Crippen molar-refractivity contribution in [3.63, 3.8) is 0 Å². The van der Waals surface area contributed by atoms with Crippen LogP contribution in [0.3, 0.4) is 0 Å². The van der Waals surface area contributed by atoms with Gasteiger partial charge in [0.1, 0.15) is 17.8 Å². The van der Waals surface area contributed by atoms with E-state index in [2.05, 4.69) is 15.9 Å². The van der Waals surface area contributed by atoms with Gasteiger partial charge in [-0.15, -0.1) is 0 Å². The lowest BCUT2D eigenvalue weighted by molar-refractivity contribution is -0.108. The molecule has 1 aliphatic rings. The first-order valence-electron chi connectivity index (χ1n) is 7.09. The molecule has 0 aliphatic carbocycles. The second kappa shape index (κ2) is 6.07. The van der Waals surface area contributed by atoms with Gasteiger partial charge in [0.15, 0.2) is 0 Å². The Labute approximate surface area is 137 Å². The third kappa shape index (κ3) is 2.60. The van der Waals surface area contributed by atoms with Crippen molar-refractivity contribution in [3.05, 3.63) is 69.9 Å². The van der Waals surface area contributed by atoms with E-state index in [1.54, 1.807) is 0 Å². The third-order valence-corrected chi connectivity index (χ3v) is 4.23. The van der Waals surface area contributed by atoms with Gasteiger partial charge in [0, 0.05) is 15.6 Å². The Bertz CT molecular complexity index is 738. The number of nitrogens with two attached hydrogens (primary N) is 1. The van der Waals surface area contributed by atoms with Crippen LogP contribution in [0.15, 0.2) is 58.8 Å². The number of carbonyl (C=O) groups is 1. The van der Waals surface area contributed by atoms with Crippen molar-refractivity contribution in [2.45, 2.75) is 18.9 Å². The van der Waals surface area contributed by atoms with Gasteiger partial charge in [-0.3, -0.25) is 0 Å². The summed E-state index contributed by atoms with van der Waals surface area (Å²) in [4.78, 5) is 11.8. The zero-order valence-electron chi connectivity index (χ0n) is 12.1. The van der Waals surface area contributed by atoms with Gasteiger partial charge in [0.05, 0.1) is 12.0 Å². The molecule has 4 heteroatoms. The van der Waals surface area contributed by atoms with Gasteiger partial charge in [-0.05, 0) is 30.7 Å². The number of hydrogen-bond donors (Lipinski definition) is 1. The highest BCUT2D eigenvalue weighted by Crippen LogP contribution is 2.44. The van der Waals surface area contributed by atoms with Crippen LogP contribution in [-0.2, 0) is 4.79 Å². The SMILES string of the molecule is CC(N)C1=C(c2ccccc2)C(C=O)c2cc(Br)ccc2O1. The van der Waals surface area contributed by atoms with Crippen LogP contribution in [0.5, 0.6) is 5.75 Å². The van der Waals surface area contributed by atoms with Crippen LogP contribution in [0.4, 0.5) is 0 Å². The predicted octanol–water partition coefficient (Wildman–Crippen LogP) is 3.88. The van der Waals surface area contributed by atoms with Crippen LogP contribution in [-0.4, -0.2) is 12.3 Å². The average Bonchev–Trinajstić information content (AvgIpc) is 2.53. The maximum absolute atomic E-state index is 11.8. The molecule has 0 radical (unpaired) electrons. The molecule has 2 aromatic rings. The number of rotatable bonds is 3. The molecule has 0 aromatic heterocycles. The Kier molecular flexibility index (Phi) is 4.14. The number of aldehydes is 1. The minimum atomic E-state index is -0.385. The summed E-state index contributed by atoms with van der Waals surface area (Å²) in [5.74, 6) is 0.954. The lowest BCUT2D eigenvalue weighted by Crippen LogP contribution is -2.28. The molecule has 1 heterocycles. The number of ether oxygens (including phenoxy) is 1. The molecule has 0 spiro atoms. The van der Waals surface area contributed by atoms with Gasteiger partial charge < -0.3 is 15.3 Å². The average molecular weight is 358 g/mol. The van der Waals surface area contributed by atoms with E-state index in [0.29, 0.717) is 11.5 Å². The van der Waals surface area contributed by atoms with Crippen molar-refractivity contribution >= 4 is 27.8 Å². The zero-order chi connectivity index (χ0) is 15.7. The monoisotopic (exact) mass is 357 g/mol. The summed E-state index contributed by atoms with van der Waals surface area (Å²) in [6.07, 6.45) is 0.957. The van der Waals surface area contributed by atoms with Crippen molar-refractivity contribution in [2.24, 2.45) is 5.73 Å². The minimum absolute atomic E-state index is 0.297. The highest BCUT2D eigenvalue weighted by Gasteiger charge is 2.31. The van der Waals surface area contributed by atoms with Gasteiger partial charge in [0.25, 0.3) is 0 Å². The van der Waals surface area contributed by atoms with Crippen LogP contribution in [0.2, 0.25) is 0 Å². The van der Waals surface area contributed by atoms with E-state index in [1.807, 2.05) is 55.5 Å². The fourth-order valence-electron chi connectivity index (χ4n) is 2.76. The topological polar surface area (TPSA) is 52.3 Å². The Morgan fingerprint density at radius 2 is 1.95 bits per heavy atom. The molecule has 2 N–H and O–H groups in total. The number of allylic oxidation sites excluding steroid dienone is 1. The van der Waals surface area contributed by atoms with Crippen molar-refractivity contribution in [3.8, 4) is 5.75 Å². The summed E-state index contributed by atoms with van der Waals surface area (Å²) in [5.41, 5.74) is 8.74. The van der Waals surface area contributed by atoms with E-state index in [1.165, 1.54) is 0 Å². The molecule has 0 saturated carbocycles. The highest BCUT2D eigenvalue weighted by molar-refractivity contribution is 9.10. The molecule has 112 valence electrons. The summed E-state index contributed by atoms with van der Waals surface area (Å²) < 4.78 is 6.94. The summed E-state index contributed by atoms with van der Waals surface area (Å²) in [7, 11) is 0. The maximum atomic E-state index is 11.8. The lowest BCUT2D eigenvalue weighted by atomic mass is 9.83. The van der Waals surface area contributed by atoms with Gasteiger partial charge in [-0.25, -0.2) is 0 Å². The second-order valence-electron chi connectivity index (χ2n) is 5.33. The standard InChI is InChI=1S/C18H16BrNO2/c1-11(20)18-17(12-5-3-2-4-6-12)15(10-21)14-9-13(19)7-8-16(14)22-18/h2-11,15H,20H2,1H3. The number of hydrogen-bond acceptors (Lipinski definition) is 3. The Balaban J connectivity index is 2.23. The first-order valence-corrected chi connectivity index (χ1v) is 7.88. The molecule has 2 atom stereocenters. The van der Waals surface area contributed by atoms with Crippen LogP contribution in [0.25, 0.3) is 5.57 Å². The number of carbonyl (C=O) groups excluding carboxylic acids is 1. The van der Waals surface area contributed by atoms with Crippen LogP contribution >= 0.6 is 15.9 Å². The number of fused-ring (bicyclic) bond motifs is 1. The molecule has 0 bridgehead atoms. The van der Waals surface area contributed by atoms with E-state index in [-0.39, 0.29) is 12.0 Å². The molecule has 3 rings (SSSR count). The predicted molar refractivity (Wildman–Crippen MR) is 90.6 cm³/mol. The first-order chi connectivity index (χ1) is 10.6. The van der Waals surface area contributed by atoms with E-state index in [4.69, 9.17) is 10.5 Å². The van der Waals surface area contributed by atoms with Crippen LogP contribution in [0.1, 0.15) is 24.0 Å². The Hall–Kier alpha value is -1.91. The van der Waals surface area contributed by atoms with Crippen molar-refractivity contribution in [2.75, 3.05) is 0 Å². The van der Waals surface area contributed by atoms with Gasteiger partial charge >= 0.3 is 0 Å². The van der Waals surface area contributed by atoms with Crippen molar-refractivity contribution < 1.29 is 9.53 Å². The zero-order valence-corrected chi connectivity index (χ0v) is 13.7. The Morgan fingerprint density at radius 3 is 2.59 bits per heavy atom. The molecule has 0 amide bonds. The molecular formula is C18H16BrNO2. The number of halogens is 1. The summed E-state index contributed by atoms with van der Waals surface area (Å²) in [6.45, 7) is 1.87. The highest BCUT2D eigenvalue weighted by atomic mass is 79.9. The first kappa shape index (κ1) is 15.0. The quantitative estimate of drug-likeness (QED) is 0.848.